The number of carboxylic acids is 1. The molecule has 0 aliphatic carbocycles. The third-order valence-electron chi connectivity index (χ3n) is 3.33. The van der Waals surface area contributed by atoms with E-state index >= 15 is 0 Å². The Morgan fingerprint density at radius 1 is 1.23 bits per heavy atom. The van der Waals surface area contributed by atoms with Crippen molar-refractivity contribution >= 4 is 23.7 Å². The summed E-state index contributed by atoms with van der Waals surface area (Å²) in [5.74, 6) is -1.50. The highest BCUT2D eigenvalue weighted by molar-refractivity contribution is 5.95. The SMILES string of the molecule is CN(C)c1cccc(C(=O)NCCC(NC(=O)OC(C)(C)C)C(=O)O)c1. The first-order valence-electron chi connectivity index (χ1n) is 8.27. The molecule has 1 aromatic rings. The summed E-state index contributed by atoms with van der Waals surface area (Å²) < 4.78 is 5.05. The standard InChI is InChI=1S/C18H27N3O5/c1-18(2,3)26-17(25)20-14(16(23)24)9-10-19-15(22)12-7-6-8-13(11-12)21(4)5/h6-8,11,14H,9-10H2,1-5H3,(H,19,22)(H,20,25)(H,23,24). The second kappa shape index (κ2) is 9.07. The highest BCUT2D eigenvalue weighted by atomic mass is 16.6. The van der Waals surface area contributed by atoms with Crippen molar-refractivity contribution in [2.75, 3.05) is 25.5 Å². The van der Waals surface area contributed by atoms with Crippen LogP contribution in [0, 0.1) is 0 Å². The number of aliphatic carboxylic acids is 1. The van der Waals surface area contributed by atoms with Crippen molar-refractivity contribution in [1.29, 1.82) is 0 Å². The molecule has 8 nitrogen and oxygen atoms in total. The smallest absolute Gasteiger partial charge is 0.408 e. The first kappa shape index (κ1) is 21.3. The number of hydrogen-bond acceptors (Lipinski definition) is 5. The summed E-state index contributed by atoms with van der Waals surface area (Å²) in [5.41, 5.74) is 0.634. The van der Waals surface area contributed by atoms with Crippen LogP contribution in [0.5, 0.6) is 0 Å². The summed E-state index contributed by atoms with van der Waals surface area (Å²) >= 11 is 0. The lowest BCUT2D eigenvalue weighted by atomic mass is 10.1. The van der Waals surface area contributed by atoms with Crippen LogP contribution >= 0.6 is 0 Å². The molecule has 0 aliphatic rings. The highest BCUT2D eigenvalue weighted by Gasteiger charge is 2.23. The van der Waals surface area contributed by atoms with Crippen molar-refractivity contribution in [1.82, 2.24) is 10.6 Å². The van der Waals surface area contributed by atoms with Gasteiger partial charge < -0.3 is 25.4 Å². The van der Waals surface area contributed by atoms with Crippen LogP contribution in [0.2, 0.25) is 0 Å². The van der Waals surface area contributed by atoms with Gasteiger partial charge in [-0.15, -0.1) is 0 Å². The second-order valence-corrected chi connectivity index (χ2v) is 7.03. The molecule has 0 aromatic heterocycles. The van der Waals surface area contributed by atoms with Gasteiger partial charge in [0, 0.05) is 31.9 Å². The number of anilines is 1. The second-order valence-electron chi connectivity index (χ2n) is 7.03. The first-order valence-corrected chi connectivity index (χ1v) is 8.27. The van der Waals surface area contributed by atoms with Crippen molar-refractivity contribution in [2.24, 2.45) is 0 Å². The third kappa shape index (κ3) is 7.42. The molecule has 0 fully saturated rings. The first-order chi connectivity index (χ1) is 12.0. The zero-order chi connectivity index (χ0) is 19.9. The lowest BCUT2D eigenvalue weighted by Gasteiger charge is -2.22. The van der Waals surface area contributed by atoms with Gasteiger partial charge in [0.05, 0.1) is 0 Å². The Balaban J connectivity index is 2.57. The quantitative estimate of drug-likeness (QED) is 0.681. The van der Waals surface area contributed by atoms with Crippen molar-refractivity contribution in [3.05, 3.63) is 29.8 Å². The molecular weight excluding hydrogens is 338 g/mol. The van der Waals surface area contributed by atoms with Crippen LogP contribution in [-0.2, 0) is 9.53 Å². The maximum Gasteiger partial charge on any atom is 0.408 e. The number of nitrogens with one attached hydrogen (secondary N) is 2. The Kier molecular flexibility index (Phi) is 7.42. The van der Waals surface area contributed by atoms with E-state index < -0.39 is 23.7 Å². The third-order valence-corrected chi connectivity index (χ3v) is 3.33. The number of benzene rings is 1. The Bertz CT molecular complexity index is 652. The van der Waals surface area contributed by atoms with E-state index in [1.807, 2.05) is 25.1 Å². The van der Waals surface area contributed by atoms with Crippen LogP contribution < -0.4 is 15.5 Å². The molecule has 0 radical (unpaired) electrons. The number of rotatable bonds is 7. The summed E-state index contributed by atoms with van der Waals surface area (Å²) in [4.78, 5) is 37.1. The molecule has 0 saturated carbocycles. The monoisotopic (exact) mass is 365 g/mol. The minimum absolute atomic E-state index is 0.0354. The molecule has 0 aliphatic heterocycles. The summed E-state index contributed by atoms with van der Waals surface area (Å²) in [6, 6.07) is 5.91. The van der Waals surface area contributed by atoms with Crippen molar-refractivity contribution in [3.8, 4) is 0 Å². The van der Waals surface area contributed by atoms with Gasteiger partial charge in [0.1, 0.15) is 11.6 Å². The predicted octanol–water partition coefficient (Wildman–Crippen LogP) is 1.85. The number of carbonyl (C=O) groups is 3. The number of carboxylic acid groups (broad SMARTS) is 1. The van der Waals surface area contributed by atoms with Crippen LogP contribution in [0.15, 0.2) is 24.3 Å². The average Bonchev–Trinajstić information content (AvgIpc) is 2.51. The molecule has 0 saturated heterocycles. The van der Waals surface area contributed by atoms with Crippen LogP contribution in [0.3, 0.4) is 0 Å². The topological polar surface area (TPSA) is 108 Å². The number of alkyl carbamates (subject to hydrolysis) is 1. The van der Waals surface area contributed by atoms with Crippen LogP contribution in [0.25, 0.3) is 0 Å². The van der Waals surface area contributed by atoms with Gasteiger partial charge in [-0.05, 0) is 45.4 Å². The summed E-state index contributed by atoms with van der Waals surface area (Å²) in [7, 11) is 3.74. The van der Waals surface area contributed by atoms with Gasteiger partial charge in [-0.2, -0.15) is 0 Å². The maximum atomic E-state index is 12.2. The zero-order valence-corrected chi connectivity index (χ0v) is 15.8. The van der Waals surface area contributed by atoms with Gasteiger partial charge >= 0.3 is 12.1 Å². The molecule has 0 heterocycles. The van der Waals surface area contributed by atoms with Gasteiger partial charge in [0.25, 0.3) is 5.91 Å². The summed E-state index contributed by atoms with van der Waals surface area (Å²) in [6.07, 6.45) is -0.775. The molecule has 0 spiro atoms. The van der Waals surface area contributed by atoms with Crippen molar-refractivity contribution in [2.45, 2.75) is 38.8 Å². The van der Waals surface area contributed by atoms with Gasteiger partial charge in [-0.1, -0.05) is 6.07 Å². The molecule has 144 valence electrons. The van der Waals surface area contributed by atoms with E-state index in [1.165, 1.54) is 0 Å². The number of hydrogen-bond donors (Lipinski definition) is 3. The van der Waals surface area contributed by atoms with E-state index in [4.69, 9.17) is 4.74 Å². The Labute approximate surface area is 153 Å². The molecule has 0 bridgehead atoms. The average molecular weight is 365 g/mol. The molecule has 26 heavy (non-hydrogen) atoms. The lowest BCUT2D eigenvalue weighted by molar-refractivity contribution is -0.139. The fraction of sp³-hybridized carbons (Fsp3) is 0.500. The van der Waals surface area contributed by atoms with Crippen LogP contribution in [-0.4, -0.2) is 55.4 Å². The van der Waals surface area contributed by atoms with Gasteiger partial charge in [-0.25, -0.2) is 9.59 Å². The van der Waals surface area contributed by atoms with Crippen LogP contribution in [0.1, 0.15) is 37.6 Å². The van der Waals surface area contributed by atoms with Crippen molar-refractivity contribution in [3.63, 3.8) is 0 Å². The fourth-order valence-corrected chi connectivity index (χ4v) is 2.06. The maximum absolute atomic E-state index is 12.2. The summed E-state index contributed by atoms with van der Waals surface area (Å²) in [5, 5.41) is 14.2. The molecule has 1 atom stereocenters. The molecular formula is C18H27N3O5. The van der Waals surface area contributed by atoms with Crippen molar-refractivity contribution < 1.29 is 24.2 Å². The van der Waals surface area contributed by atoms with Crippen LogP contribution in [0.4, 0.5) is 10.5 Å². The minimum Gasteiger partial charge on any atom is -0.480 e. The molecule has 2 amide bonds. The molecule has 8 heteroatoms. The van der Waals surface area contributed by atoms with E-state index in [2.05, 4.69) is 10.6 Å². The molecule has 1 rings (SSSR count). The summed E-state index contributed by atoms with van der Waals surface area (Å²) in [6.45, 7) is 5.15. The number of nitrogens with zero attached hydrogens (tertiary/aromatic N) is 1. The zero-order valence-electron chi connectivity index (χ0n) is 15.8. The molecule has 1 unspecified atom stereocenters. The Morgan fingerprint density at radius 2 is 1.88 bits per heavy atom. The normalized spacial score (nSPS) is 12.0. The van der Waals surface area contributed by atoms with E-state index in [1.54, 1.807) is 39.0 Å². The number of carbonyl (C=O) groups excluding carboxylic acids is 2. The Hall–Kier alpha value is -2.77. The van der Waals surface area contributed by atoms with E-state index in [0.29, 0.717) is 5.56 Å². The van der Waals surface area contributed by atoms with Gasteiger partial charge in [-0.3, -0.25) is 4.79 Å². The molecule has 3 N–H and O–H groups in total. The Morgan fingerprint density at radius 3 is 2.42 bits per heavy atom. The number of ether oxygens (including phenoxy) is 1. The predicted molar refractivity (Wildman–Crippen MR) is 98.5 cm³/mol. The van der Waals surface area contributed by atoms with E-state index in [0.717, 1.165) is 5.69 Å². The largest absolute Gasteiger partial charge is 0.480 e. The minimum atomic E-state index is -1.19. The highest BCUT2D eigenvalue weighted by Crippen LogP contribution is 2.13. The molecule has 1 aromatic carbocycles. The van der Waals surface area contributed by atoms with E-state index in [-0.39, 0.29) is 18.9 Å². The number of amides is 2. The lowest BCUT2D eigenvalue weighted by Crippen LogP contribution is -2.45. The van der Waals surface area contributed by atoms with E-state index in [9.17, 15) is 19.5 Å². The van der Waals surface area contributed by atoms with Gasteiger partial charge in [0.2, 0.25) is 0 Å². The fourth-order valence-electron chi connectivity index (χ4n) is 2.06. The van der Waals surface area contributed by atoms with Gasteiger partial charge in [0.15, 0.2) is 0 Å².